The molecular weight excluding hydrogens is 340 g/mol. The zero-order valence-electron chi connectivity index (χ0n) is 12.9. The highest BCUT2D eigenvalue weighted by molar-refractivity contribution is 6.00. The number of hydrogen-bond donors (Lipinski definition) is 2. The number of nitrogen functional groups attached to an aromatic ring is 1. The molecule has 0 spiro atoms. The number of carbonyl (C=O) groups excluding carboxylic acids is 2. The van der Waals surface area contributed by atoms with Gasteiger partial charge in [-0.05, 0) is 29.8 Å². The lowest BCUT2D eigenvalue weighted by molar-refractivity contribution is -0.123. The van der Waals surface area contributed by atoms with Crippen LogP contribution in [0, 0.1) is 5.82 Å². The van der Waals surface area contributed by atoms with Gasteiger partial charge in [-0.3, -0.25) is 9.59 Å². The van der Waals surface area contributed by atoms with E-state index in [9.17, 15) is 27.2 Å². The fourth-order valence-electron chi connectivity index (χ4n) is 2.09. The lowest BCUT2D eigenvalue weighted by atomic mass is 10.0. The van der Waals surface area contributed by atoms with E-state index in [0.29, 0.717) is 5.56 Å². The lowest BCUT2D eigenvalue weighted by Crippen LogP contribution is -2.33. The van der Waals surface area contributed by atoms with Gasteiger partial charge >= 0.3 is 6.18 Å². The van der Waals surface area contributed by atoms with Crippen LogP contribution in [0.15, 0.2) is 42.5 Å². The molecule has 0 aliphatic carbocycles. The summed E-state index contributed by atoms with van der Waals surface area (Å²) in [7, 11) is 0. The molecule has 0 radical (unpaired) electrons. The van der Waals surface area contributed by atoms with Gasteiger partial charge in [0, 0.05) is 23.2 Å². The van der Waals surface area contributed by atoms with Crippen LogP contribution in [0.4, 0.5) is 23.2 Å². The lowest BCUT2D eigenvalue weighted by Gasteiger charge is -2.09. The van der Waals surface area contributed by atoms with Gasteiger partial charge in [0.15, 0.2) is 5.78 Å². The minimum atomic E-state index is -4.50. The highest BCUT2D eigenvalue weighted by atomic mass is 19.4. The Kier molecular flexibility index (Phi) is 5.41. The normalized spacial score (nSPS) is 11.2. The van der Waals surface area contributed by atoms with Crippen molar-refractivity contribution in [1.82, 2.24) is 5.32 Å². The van der Waals surface area contributed by atoms with Gasteiger partial charge in [0.25, 0.3) is 5.91 Å². The topological polar surface area (TPSA) is 72.2 Å². The van der Waals surface area contributed by atoms with Crippen LogP contribution in [0.1, 0.15) is 26.3 Å². The maximum Gasteiger partial charge on any atom is 0.405 e. The average Bonchev–Trinajstić information content (AvgIpc) is 2.54. The number of anilines is 1. The third-order valence-electron chi connectivity index (χ3n) is 3.38. The van der Waals surface area contributed by atoms with Crippen molar-refractivity contribution in [3.8, 4) is 0 Å². The molecule has 8 heteroatoms. The number of halogens is 4. The maximum absolute atomic E-state index is 13.0. The number of nitrogens with one attached hydrogen (secondary N) is 1. The van der Waals surface area contributed by atoms with Gasteiger partial charge in [0.05, 0.1) is 0 Å². The second-order valence-electron chi connectivity index (χ2n) is 5.32. The first kappa shape index (κ1) is 18.4. The molecular formula is C17H14F4N2O2. The summed E-state index contributed by atoms with van der Waals surface area (Å²) in [6, 6.07) is 8.89. The molecule has 132 valence electrons. The second kappa shape index (κ2) is 7.33. The summed E-state index contributed by atoms with van der Waals surface area (Å²) in [6.07, 6.45) is -4.56. The molecule has 3 N–H and O–H groups in total. The summed E-state index contributed by atoms with van der Waals surface area (Å²) in [5.74, 6) is -1.72. The Morgan fingerprint density at radius 2 is 1.60 bits per heavy atom. The summed E-state index contributed by atoms with van der Waals surface area (Å²) in [5.41, 5.74) is 6.51. The van der Waals surface area contributed by atoms with Crippen molar-refractivity contribution in [3.63, 3.8) is 0 Å². The van der Waals surface area contributed by atoms with Crippen molar-refractivity contribution in [2.75, 3.05) is 12.3 Å². The quantitative estimate of drug-likeness (QED) is 0.492. The van der Waals surface area contributed by atoms with Crippen LogP contribution in [-0.2, 0) is 6.42 Å². The van der Waals surface area contributed by atoms with Crippen LogP contribution < -0.4 is 11.1 Å². The molecule has 0 heterocycles. The van der Waals surface area contributed by atoms with Gasteiger partial charge in [-0.2, -0.15) is 13.2 Å². The van der Waals surface area contributed by atoms with E-state index < -0.39 is 24.4 Å². The van der Waals surface area contributed by atoms with Gasteiger partial charge in [0.2, 0.25) is 0 Å². The minimum Gasteiger partial charge on any atom is -0.398 e. The molecule has 2 aromatic carbocycles. The Hall–Kier alpha value is -2.90. The van der Waals surface area contributed by atoms with Gasteiger partial charge < -0.3 is 11.1 Å². The van der Waals surface area contributed by atoms with Gasteiger partial charge in [-0.1, -0.05) is 18.2 Å². The first-order chi connectivity index (χ1) is 11.7. The molecule has 1 amide bonds. The van der Waals surface area contributed by atoms with Gasteiger partial charge in [0.1, 0.15) is 12.4 Å². The number of alkyl halides is 3. The third kappa shape index (κ3) is 5.30. The van der Waals surface area contributed by atoms with E-state index in [4.69, 9.17) is 5.73 Å². The summed E-state index contributed by atoms with van der Waals surface area (Å²) in [6.45, 7) is -1.43. The predicted octanol–water partition coefficient (Wildman–Crippen LogP) is 3.13. The van der Waals surface area contributed by atoms with Crippen LogP contribution in [0.25, 0.3) is 0 Å². The Labute approximate surface area is 140 Å². The Balaban J connectivity index is 2.03. The summed E-state index contributed by atoms with van der Waals surface area (Å²) >= 11 is 0. The highest BCUT2D eigenvalue weighted by Crippen LogP contribution is 2.17. The number of ketones is 1. The average molecular weight is 354 g/mol. The molecule has 0 fully saturated rings. The number of rotatable bonds is 5. The Morgan fingerprint density at radius 3 is 2.16 bits per heavy atom. The van der Waals surface area contributed by atoms with Crippen molar-refractivity contribution in [3.05, 3.63) is 65.0 Å². The van der Waals surface area contributed by atoms with E-state index in [-0.39, 0.29) is 29.0 Å². The van der Waals surface area contributed by atoms with Crippen LogP contribution in [0.3, 0.4) is 0 Å². The van der Waals surface area contributed by atoms with E-state index in [0.717, 1.165) is 6.07 Å². The number of Topliss-reactive ketones (excluding diaryl/α,β-unsaturated/α-hetero) is 1. The minimum absolute atomic E-state index is 0.00194. The van der Waals surface area contributed by atoms with E-state index in [2.05, 4.69) is 0 Å². The molecule has 0 bridgehead atoms. The number of carbonyl (C=O) groups is 2. The largest absolute Gasteiger partial charge is 0.405 e. The molecule has 0 unspecified atom stereocenters. The van der Waals surface area contributed by atoms with Crippen LogP contribution >= 0.6 is 0 Å². The van der Waals surface area contributed by atoms with Crippen molar-refractivity contribution < 1.29 is 27.2 Å². The standard InChI is InChI=1S/C17H14F4N2O2/c18-13-6-5-12(14(22)8-13)7-15(24)10-1-3-11(4-2-10)16(25)23-9-17(19,20)21/h1-6,8H,7,9,22H2,(H,23,25). The SMILES string of the molecule is Nc1cc(F)ccc1CC(=O)c1ccc(C(=O)NCC(F)(F)F)cc1. The van der Waals surface area contributed by atoms with E-state index in [1.807, 2.05) is 0 Å². The van der Waals surface area contributed by atoms with Crippen molar-refractivity contribution in [2.45, 2.75) is 12.6 Å². The van der Waals surface area contributed by atoms with Crippen LogP contribution in [0.5, 0.6) is 0 Å². The molecule has 0 aliphatic rings. The zero-order valence-corrected chi connectivity index (χ0v) is 12.9. The number of amides is 1. The first-order valence-electron chi connectivity index (χ1n) is 7.18. The Morgan fingerprint density at radius 1 is 1.00 bits per heavy atom. The molecule has 25 heavy (non-hydrogen) atoms. The molecule has 2 aromatic rings. The summed E-state index contributed by atoms with van der Waals surface area (Å²) in [4.78, 5) is 23.8. The van der Waals surface area contributed by atoms with Crippen molar-refractivity contribution in [1.29, 1.82) is 0 Å². The molecule has 2 rings (SSSR count). The van der Waals surface area contributed by atoms with E-state index in [1.54, 1.807) is 5.32 Å². The smallest absolute Gasteiger partial charge is 0.398 e. The molecule has 4 nitrogen and oxygen atoms in total. The molecule has 0 aromatic heterocycles. The summed E-state index contributed by atoms with van der Waals surface area (Å²) in [5, 5.41) is 1.74. The first-order valence-corrected chi connectivity index (χ1v) is 7.18. The molecule has 0 saturated carbocycles. The third-order valence-corrected chi connectivity index (χ3v) is 3.38. The second-order valence-corrected chi connectivity index (χ2v) is 5.32. The number of benzene rings is 2. The highest BCUT2D eigenvalue weighted by Gasteiger charge is 2.27. The predicted molar refractivity (Wildman–Crippen MR) is 83.7 cm³/mol. The van der Waals surface area contributed by atoms with E-state index >= 15 is 0 Å². The number of hydrogen-bond acceptors (Lipinski definition) is 3. The van der Waals surface area contributed by atoms with Crippen molar-refractivity contribution in [2.24, 2.45) is 0 Å². The molecule has 0 saturated heterocycles. The summed E-state index contributed by atoms with van der Waals surface area (Å²) < 4.78 is 49.2. The van der Waals surface area contributed by atoms with Gasteiger partial charge in [-0.25, -0.2) is 4.39 Å². The Bertz CT molecular complexity index is 786. The fraction of sp³-hybridized carbons (Fsp3) is 0.176. The van der Waals surface area contributed by atoms with Crippen LogP contribution in [0.2, 0.25) is 0 Å². The van der Waals surface area contributed by atoms with Gasteiger partial charge in [-0.15, -0.1) is 0 Å². The van der Waals surface area contributed by atoms with Crippen LogP contribution in [-0.4, -0.2) is 24.4 Å². The maximum atomic E-state index is 13.0. The van der Waals surface area contributed by atoms with Crippen molar-refractivity contribution >= 4 is 17.4 Å². The molecule has 0 aliphatic heterocycles. The zero-order chi connectivity index (χ0) is 18.6. The molecule has 0 atom stereocenters. The number of nitrogens with two attached hydrogens (primary N) is 1. The fourth-order valence-corrected chi connectivity index (χ4v) is 2.09. The van der Waals surface area contributed by atoms with E-state index in [1.165, 1.54) is 36.4 Å². The monoisotopic (exact) mass is 354 g/mol.